The molecule has 1 saturated carbocycles. The van der Waals surface area contributed by atoms with Gasteiger partial charge in [0.15, 0.2) is 0 Å². The molecule has 0 aromatic carbocycles. The predicted molar refractivity (Wildman–Crippen MR) is 61.3 cm³/mol. The van der Waals surface area contributed by atoms with Crippen LogP contribution in [0.4, 0.5) is 0 Å². The molecule has 1 amide bonds. The highest BCUT2D eigenvalue weighted by Crippen LogP contribution is 2.37. The van der Waals surface area contributed by atoms with E-state index in [0.717, 1.165) is 31.6 Å². The van der Waals surface area contributed by atoms with Crippen molar-refractivity contribution in [2.45, 2.75) is 25.8 Å². The molecule has 0 unspecified atom stereocenters. The van der Waals surface area contributed by atoms with E-state index in [2.05, 4.69) is 5.16 Å². The summed E-state index contributed by atoms with van der Waals surface area (Å²) >= 11 is 0. The lowest BCUT2D eigenvalue weighted by Gasteiger charge is -2.16. The molecule has 2 heterocycles. The number of likely N-dealkylation sites (tertiary alicyclic amines) is 1. The van der Waals surface area contributed by atoms with Crippen LogP contribution in [0.15, 0.2) is 10.6 Å². The summed E-state index contributed by atoms with van der Waals surface area (Å²) in [4.78, 5) is 14.0. The number of aryl methyl sites for hydroxylation is 1. The molecular weight excluding hydrogens is 218 g/mol. The van der Waals surface area contributed by atoms with Gasteiger partial charge in [0.25, 0.3) is 5.91 Å². The largest absolute Gasteiger partial charge is 0.351 e. The van der Waals surface area contributed by atoms with Crippen molar-refractivity contribution in [2.24, 2.45) is 17.6 Å². The number of carbonyl (C=O) groups excluding carboxylic acids is 1. The molecule has 5 heteroatoms. The zero-order chi connectivity index (χ0) is 12.0. The SMILES string of the molecule is Cc1cc(C(=O)N2C[C@@H]3CC[C@H](N)[C@@H]3C2)on1. The van der Waals surface area contributed by atoms with Gasteiger partial charge in [0.1, 0.15) is 0 Å². The first kappa shape index (κ1) is 10.8. The van der Waals surface area contributed by atoms with Crippen LogP contribution in [-0.2, 0) is 0 Å². The number of nitrogens with zero attached hydrogens (tertiary/aromatic N) is 2. The summed E-state index contributed by atoms with van der Waals surface area (Å²) in [6, 6.07) is 1.95. The van der Waals surface area contributed by atoms with E-state index in [1.54, 1.807) is 6.07 Å². The van der Waals surface area contributed by atoms with Gasteiger partial charge in [-0.05, 0) is 31.6 Å². The van der Waals surface area contributed by atoms with Crippen molar-refractivity contribution in [3.63, 3.8) is 0 Å². The Bertz CT molecular complexity index is 443. The molecular formula is C12H17N3O2. The fourth-order valence-corrected chi connectivity index (χ4v) is 3.09. The van der Waals surface area contributed by atoms with E-state index in [4.69, 9.17) is 10.3 Å². The molecule has 5 nitrogen and oxygen atoms in total. The third-order valence-electron chi connectivity index (χ3n) is 4.04. The van der Waals surface area contributed by atoms with E-state index in [1.807, 2.05) is 11.8 Å². The van der Waals surface area contributed by atoms with Gasteiger partial charge < -0.3 is 15.2 Å². The Kier molecular flexibility index (Phi) is 2.43. The molecule has 1 aromatic rings. The second-order valence-corrected chi connectivity index (χ2v) is 5.21. The maximum atomic E-state index is 12.1. The van der Waals surface area contributed by atoms with Crippen LogP contribution in [0.3, 0.4) is 0 Å². The minimum absolute atomic E-state index is 0.0489. The van der Waals surface area contributed by atoms with Gasteiger partial charge >= 0.3 is 0 Å². The van der Waals surface area contributed by atoms with Crippen molar-refractivity contribution in [1.82, 2.24) is 10.1 Å². The van der Waals surface area contributed by atoms with E-state index in [0.29, 0.717) is 17.6 Å². The molecule has 0 bridgehead atoms. The molecule has 1 aromatic heterocycles. The van der Waals surface area contributed by atoms with E-state index in [-0.39, 0.29) is 11.9 Å². The number of hydrogen-bond donors (Lipinski definition) is 1. The Labute approximate surface area is 99.9 Å². The Morgan fingerprint density at radius 2 is 2.35 bits per heavy atom. The van der Waals surface area contributed by atoms with Crippen molar-refractivity contribution < 1.29 is 9.32 Å². The predicted octanol–water partition coefficient (Wildman–Crippen LogP) is 0.792. The van der Waals surface area contributed by atoms with Gasteiger partial charge in [-0.3, -0.25) is 4.79 Å². The standard InChI is InChI=1S/C12H17N3O2/c1-7-4-11(17-14-7)12(16)15-5-8-2-3-10(13)9(8)6-15/h4,8-10H,2-3,5-6,13H2,1H3/t8-,9+,10-/m0/s1. The zero-order valence-electron chi connectivity index (χ0n) is 9.93. The average molecular weight is 235 g/mol. The third-order valence-corrected chi connectivity index (χ3v) is 4.04. The van der Waals surface area contributed by atoms with Crippen molar-refractivity contribution in [3.8, 4) is 0 Å². The van der Waals surface area contributed by atoms with Crippen LogP contribution >= 0.6 is 0 Å². The van der Waals surface area contributed by atoms with E-state index in [1.165, 1.54) is 0 Å². The summed E-state index contributed by atoms with van der Waals surface area (Å²) in [7, 11) is 0. The van der Waals surface area contributed by atoms with Gasteiger partial charge in [-0.15, -0.1) is 0 Å². The van der Waals surface area contributed by atoms with Crippen LogP contribution in [0, 0.1) is 18.8 Å². The normalized spacial score (nSPS) is 31.9. The summed E-state index contributed by atoms with van der Waals surface area (Å²) in [5.74, 6) is 1.35. The zero-order valence-corrected chi connectivity index (χ0v) is 9.93. The second-order valence-electron chi connectivity index (χ2n) is 5.21. The number of nitrogens with two attached hydrogens (primary N) is 1. The van der Waals surface area contributed by atoms with Gasteiger partial charge in [-0.25, -0.2) is 0 Å². The summed E-state index contributed by atoms with van der Waals surface area (Å²) in [6.45, 7) is 3.40. The highest BCUT2D eigenvalue weighted by atomic mass is 16.5. The molecule has 1 aliphatic heterocycles. The van der Waals surface area contributed by atoms with Gasteiger partial charge in [0.2, 0.25) is 5.76 Å². The Hall–Kier alpha value is -1.36. The highest BCUT2D eigenvalue weighted by molar-refractivity contribution is 5.91. The monoisotopic (exact) mass is 235 g/mol. The minimum atomic E-state index is -0.0489. The van der Waals surface area contributed by atoms with Gasteiger partial charge in [-0.2, -0.15) is 0 Å². The van der Waals surface area contributed by atoms with Crippen molar-refractivity contribution in [3.05, 3.63) is 17.5 Å². The first-order valence-corrected chi connectivity index (χ1v) is 6.13. The number of carbonyl (C=O) groups is 1. The lowest BCUT2D eigenvalue weighted by atomic mass is 9.98. The second kappa shape index (κ2) is 3.84. The molecule has 17 heavy (non-hydrogen) atoms. The molecule has 1 aliphatic carbocycles. The van der Waals surface area contributed by atoms with Crippen LogP contribution in [0.5, 0.6) is 0 Å². The fourth-order valence-electron chi connectivity index (χ4n) is 3.09. The molecule has 2 aliphatic rings. The maximum absolute atomic E-state index is 12.1. The first-order chi connectivity index (χ1) is 8.15. The Morgan fingerprint density at radius 3 is 3.00 bits per heavy atom. The van der Waals surface area contributed by atoms with Crippen LogP contribution in [0.2, 0.25) is 0 Å². The molecule has 92 valence electrons. The fraction of sp³-hybridized carbons (Fsp3) is 0.667. The van der Waals surface area contributed by atoms with E-state index in [9.17, 15) is 4.79 Å². The van der Waals surface area contributed by atoms with Crippen LogP contribution in [0.25, 0.3) is 0 Å². The summed E-state index contributed by atoms with van der Waals surface area (Å²) < 4.78 is 5.01. The number of fused-ring (bicyclic) bond motifs is 1. The highest BCUT2D eigenvalue weighted by Gasteiger charge is 2.43. The molecule has 2 N–H and O–H groups in total. The molecule has 0 radical (unpaired) electrons. The first-order valence-electron chi connectivity index (χ1n) is 6.13. The molecule has 0 spiro atoms. The van der Waals surface area contributed by atoms with Gasteiger partial charge in [-0.1, -0.05) is 5.16 Å². The number of amides is 1. The van der Waals surface area contributed by atoms with Crippen LogP contribution < -0.4 is 5.73 Å². The third kappa shape index (κ3) is 1.74. The smallest absolute Gasteiger partial charge is 0.292 e. The van der Waals surface area contributed by atoms with E-state index < -0.39 is 0 Å². The maximum Gasteiger partial charge on any atom is 0.292 e. The van der Waals surface area contributed by atoms with Crippen LogP contribution in [-0.4, -0.2) is 35.1 Å². The molecule has 1 saturated heterocycles. The molecule has 3 rings (SSSR count). The molecule has 2 fully saturated rings. The number of rotatable bonds is 1. The van der Waals surface area contributed by atoms with E-state index >= 15 is 0 Å². The van der Waals surface area contributed by atoms with Crippen molar-refractivity contribution in [2.75, 3.05) is 13.1 Å². The Balaban J connectivity index is 1.73. The summed E-state index contributed by atoms with van der Waals surface area (Å²) in [6.07, 6.45) is 2.24. The van der Waals surface area contributed by atoms with Gasteiger partial charge in [0.05, 0.1) is 5.69 Å². The lowest BCUT2D eigenvalue weighted by molar-refractivity contribution is 0.0738. The lowest BCUT2D eigenvalue weighted by Crippen LogP contribution is -2.33. The van der Waals surface area contributed by atoms with Crippen LogP contribution in [0.1, 0.15) is 29.1 Å². The van der Waals surface area contributed by atoms with Gasteiger partial charge in [0, 0.05) is 25.2 Å². The molecule has 3 atom stereocenters. The topological polar surface area (TPSA) is 72.4 Å². The summed E-state index contributed by atoms with van der Waals surface area (Å²) in [5.41, 5.74) is 6.79. The Morgan fingerprint density at radius 1 is 1.53 bits per heavy atom. The van der Waals surface area contributed by atoms with Crippen molar-refractivity contribution in [1.29, 1.82) is 0 Å². The number of aromatic nitrogens is 1. The minimum Gasteiger partial charge on any atom is -0.351 e. The summed E-state index contributed by atoms with van der Waals surface area (Å²) in [5, 5.41) is 3.75. The quantitative estimate of drug-likeness (QED) is 0.781. The average Bonchev–Trinajstić information content (AvgIpc) is 2.96. The number of hydrogen-bond acceptors (Lipinski definition) is 4. The van der Waals surface area contributed by atoms with Crippen molar-refractivity contribution >= 4 is 5.91 Å².